The Bertz CT molecular complexity index is 1610. The molecular formula is C30H32ClN7O4. The summed E-state index contributed by atoms with van der Waals surface area (Å²) >= 11 is 6.21. The van der Waals surface area contributed by atoms with Crippen molar-refractivity contribution >= 4 is 40.9 Å². The number of carbonyl (C=O) groups is 2. The standard InChI is InChI=1S/C30H32ClN7O4/c1-29(2,3)42-28(41)38-16-30(4,5)21-11-17(10-18(13-32)25(21)38)22-6-8-33-27(35-22)36-23-12-19(31)14-34-24(23)26(40)37-9-7-20(39)15-37/h6,8,10-12,14,20,39H,7,9,15-16H2,1-5H3,(H,33,35,36). The number of likely N-dealkylation sites (tertiary alicyclic amines) is 1. The molecule has 0 radical (unpaired) electrons. The summed E-state index contributed by atoms with van der Waals surface area (Å²) in [5, 5.41) is 23.4. The summed E-state index contributed by atoms with van der Waals surface area (Å²) in [5.74, 6) is -0.142. The maximum absolute atomic E-state index is 13.2. The minimum absolute atomic E-state index is 0.135. The highest BCUT2D eigenvalue weighted by atomic mass is 35.5. The first-order valence-corrected chi connectivity index (χ1v) is 14.0. The fourth-order valence-electron chi connectivity index (χ4n) is 5.19. The van der Waals surface area contributed by atoms with Gasteiger partial charge in [-0.05, 0) is 57.0 Å². The van der Waals surface area contributed by atoms with E-state index in [-0.39, 0.29) is 24.1 Å². The average molecular weight is 590 g/mol. The minimum atomic E-state index is -0.681. The molecule has 1 fully saturated rings. The number of amides is 2. The lowest BCUT2D eigenvalue weighted by Gasteiger charge is -2.26. The predicted molar refractivity (Wildman–Crippen MR) is 158 cm³/mol. The Morgan fingerprint density at radius 1 is 1.24 bits per heavy atom. The molecule has 2 aliphatic rings. The third kappa shape index (κ3) is 5.86. The first-order valence-electron chi connectivity index (χ1n) is 13.6. The first-order chi connectivity index (χ1) is 19.8. The van der Waals surface area contributed by atoms with Gasteiger partial charge in [0, 0.05) is 43.0 Å². The average Bonchev–Trinajstić information content (AvgIpc) is 3.47. The molecule has 42 heavy (non-hydrogen) atoms. The number of fused-ring (bicyclic) bond motifs is 1. The van der Waals surface area contributed by atoms with Crippen molar-refractivity contribution in [1.82, 2.24) is 19.9 Å². The van der Waals surface area contributed by atoms with E-state index in [1.54, 1.807) is 50.1 Å². The Morgan fingerprint density at radius 3 is 2.67 bits per heavy atom. The molecule has 2 N–H and O–H groups in total. The molecule has 1 atom stereocenters. The number of hydrogen-bond donors (Lipinski definition) is 2. The van der Waals surface area contributed by atoms with Gasteiger partial charge in [0.25, 0.3) is 5.91 Å². The fourth-order valence-corrected chi connectivity index (χ4v) is 5.35. The van der Waals surface area contributed by atoms with Gasteiger partial charge in [-0.3, -0.25) is 9.69 Å². The summed E-state index contributed by atoms with van der Waals surface area (Å²) in [6.07, 6.45) is 2.39. The number of aliphatic hydroxyl groups is 1. The van der Waals surface area contributed by atoms with Crippen molar-refractivity contribution in [1.29, 1.82) is 5.26 Å². The van der Waals surface area contributed by atoms with E-state index in [0.717, 1.165) is 5.56 Å². The van der Waals surface area contributed by atoms with E-state index in [1.807, 2.05) is 19.9 Å². The van der Waals surface area contributed by atoms with Crippen molar-refractivity contribution < 1.29 is 19.4 Å². The number of ether oxygens (including phenoxy) is 1. The van der Waals surface area contributed by atoms with Crippen LogP contribution in [0.5, 0.6) is 0 Å². The maximum atomic E-state index is 13.2. The van der Waals surface area contributed by atoms with Gasteiger partial charge >= 0.3 is 6.09 Å². The quantitative estimate of drug-likeness (QED) is 0.427. The Labute approximate surface area is 249 Å². The lowest BCUT2D eigenvalue weighted by atomic mass is 9.85. The zero-order valence-corrected chi connectivity index (χ0v) is 24.9. The second-order valence-corrected chi connectivity index (χ2v) is 12.6. The van der Waals surface area contributed by atoms with Gasteiger partial charge in [0.2, 0.25) is 5.95 Å². The van der Waals surface area contributed by atoms with Gasteiger partial charge in [0.05, 0.1) is 33.8 Å². The van der Waals surface area contributed by atoms with Crippen LogP contribution in [-0.4, -0.2) is 68.3 Å². The topological polar surface area (TPSA) is 145 Å². The van der Waals surface area contributed by atoms with Crippen molar-refractivity contribution in [3.63, 3.8) is 0 Å². The van der Waals surface area contributed by atoms with Gasteiger partial charge in [-0.2, -0.15) is 5.26 Å². The van der Waals surface area contributed by atoms with E-state index in [1.165, 1.54) is 11.1 Å². The molecule has 11 nitrogen and oxygen atoms in total. The molecule has 0 saturated carbocycles. The summed E-state index contributed by atoms with van der Waals surface area (Å²) in [6.45, 7) is 10.5. The SMILES string of the molecule is CC(C)(C)OC(=O)N1CC(C)(C)c2cc(-c3ccnc(Nc4cc(Cl)cnc4C(=O)N4CCC(O)C4)n3)cc(C#N)c21. The molecule has 1 unspecified atom stereocenters. The summed E-state index contributed by atoms with van der Waals surface area (Å²) in [6, 6.07) is 9.16. The smallest absolute Gasteiger partial charge is 0.414 e. The Hall–Kier alpha value is -4.27. The molecular weight excluding hydrogens is 558 g/mol. The van der Waals surface area contributed by atoms with Crippen LogP contribution in [0.4, 0.5) is 22.1 Å². The molecule has 12 heteroatoms. The highest BCUT2D eigenvalue weighted by molar-refractivity contribution is 6.30. The number of aliphatic hydroxyl groups excluding tert-OH is 1. The van der Waals surface area contributed by atoms with Gasteiger partial charge in [0.1, 0.15) is 11.7 Å². The van der Waals surface area contributed by atoms with Crippen LogP contribution in [0.2, 0.25) is 5.02 Å². The Kier molecular flexibility index (Phi) is 7.55. The molecule has 3 aromatic rings. The van der Waals surface area contributed by atoms with Crippen LogP contribution in [0.3, 0.4) is 0 Å². The van der Waals surface area contributed by atoms with E-state index in [2.05, 4.69) is 26.3 Å². The van der Waals surface area contributed by atoms with Crippen LogP contribution in [-0.2, 0) is 10.2 Å². The number of carbonyl (C=O) groups excluding carboxylic acids is 2. The molecule has 0 spiro atoms. The number of hydrogen-bond acceptors (Lipinski definition) is 9. The second kappa shape index (κ2) is 10.9. The molecule has 2 aliphatic heterocycles. The summed E-state index contributed by atoms with van der Waals surface area (Å²) in [7, 11) is 0. The number of nitrogens with one attached hydrogen (secondary N) is 1. The van der Waals surface area contributed by atoms with Crippen molar-refractivity contribution in [2.45, 2.75) is 58.2 Å². The number of pyridine rings is 1. The van der Waals surface area contributed by atoms with Gasteiger partial charge in [-0.25, -0.2) is 19.7 Å². The third-order valence-electron chi connectivity index (χ3n) is 7.10. The van der Waals surface area contributed by atoms with Crippen LogP contribution >= 0.6 is 11.6 Å². The Balaban J connectivity index is 1.49. The number of rotatable bonds is 4. The zero-order valence-electron chi connectivity index (χ0n) is 24.1. The minimum Gasteiger partial charge on any atom is -0.443 e. The highest BCUT2D eigenvalue weighted by Crippen LogP contribution is 2.45. The number of aromatic nitrogens is 3. The summed E-state index contributed by atoms with van der Waals surface area (Å²) in [4.78, 5) is 42.5. The van der Waals surface area contributed by atoms with E-state index in [0.29, 0.717) is 52.7 Å². The lowest BCUT2D eigenvalue weighted by molar-refractivity contribution is 0.0578. The maximum Gasteiger partial charge on any atom is 0.414 e. The van der Waals surface area contributed by atoms with Crippen molar-refractivity contribution in [3.05, 3.63) is 58.5 Å². The van der Waals surface area contributed by atoms with Crippen LogP contribution in [0.1, 0.15) is 62.7 Å². The molecule has 218 valence electrons. The van der Waals surface area contributed by atoms with Crippen LogP contribution < -0.4 is 10.2 Å². The predicted octanol–water partition coefficient (Wildman–Crippen LogP) is 5.05. The number of β-amino-alcohol motifs (C(OH)–C–C–N with tert-alkyl or cyclic N) is 1. The molecule has 4 heterocycles. The molecule has 0 bridgehead atoms. The van der Waals surface area contributed by atoms with Gasteiger partial charge in [-0.15, -0.1) is 0 Å². The van der Waals surface area contributed by atoms with E-state index < -0.39 is 23.2 Å². The largest absolute Gasteiger partial charge is 0.443 e. The summed E-state index contributed by atoms with van der Waals surface area (Å²) in [5.41, 5.74) is 2.22. The van der Waals surface area contributed by atoms with E-state index in [4.69, 9.17) is 16.3 Å². The summed E-state index contributed by atoms with van der Waals surface area (Å²) < 4.78 is 5.63. The van der Waals surface area contributed by atoms with Crippen LogP contribution in [0.15, 0.2) is 36.7 Å². The molecule has 1 saturated heterocycles. The number of nitriles is 1. The molecule has 2 aromatic heterocycles. The number of halogens is 1. The highest BCUT2D eigenvalue weighted by Gasteiger charge is 2.42. The van der Waals surface area contributed by atoms with E-state index >= 15 is 0 Å². The van der Waals surface area contributed by atoms with Crippen molar-refractivity contribution in [2.75, 3.05) is 29.9 Å². The van der Waals surface area contributed by atoms with Gasteiger partial charge in [0.15, 0.2) is 5.69 Å². The molecule has 5 rings (SSSR count). The van der Waals surface area contributed by atoms with Gasteiger partial charge in [-0.1, -0.05) is 25.4 Å². The van der Waals surface area contributed by atoms with Crippen LogP contribution in [0.25, 0.3) is 11.3 Å². The molecule has 0 aliphatic carbocycles. The number of benzene rings is 1. The monoisotopic (exact) mass is 589 g/mol. The van der Waals surface area contributed by atoms with Gasteiger partial charge < -0.3 is 20.1 Å². The first kappa shape index (κ1) is 29.2. The van der Waals surface area contributed by atoms with Crippen molar-refractivity contribution in [2.24, 2.45) is 0 Å². The van der Waals surface area contributed by atoms with E-state index in [9.17, 15) is 20.0 Å². The van der Waals surface area contributed by atoms with Crippen molar-refractivity contribution in [3.8, 4) is 17.3 Å². The molecule has 2 amide bonds. The number of nitrogens with zero attached hydrogens (tertiary/aromatic N) is 6. The zero-order chi connectivity index (χ0) is 30.4. The second-order valence-electron chi connectivity index (χ2n) is 12.1. The third-order valence-corrected chi connectivity index (χ3v) is 7.31. The Morgan fingerprint density at radius 2 is 2.00 bits per heavy atom. The normalized spacial score (nSPS) is 17.5. The van der Waals surface area contributed by atoms with Crippen LogP contribution in [0, 0.1) is 11.3 Å². The molecule has 1 aromatic carbocycles. The fraction of sp³-hybridized carbons (Fsp3) is 0.400. The lowest BCUT2D eigenvalue weighted by Crippen LogP contribution is -2.38. The number of anilines is 3.